The molecule has 126 valence electrons. The Hall–Kier alpha value is -1.04. The quantitative estimate of drug-likeness (QED) is 0.511. The molecule has 0 atom stereocenters. The third-order valence-corrected chi connectivity index (χ3v) is 6.66. The van der Waals surface area contributed by atoms with Crippen molar-refractivity contribution in [3.05, 3.63) is 48.0 Å². The summed E-state index contributed by atoms with van der Waals surface area (Å²) in [6.45, 7) is 6.06. The molecule has 0 heterocycles. The van der Waals surface area contributed by atoms with Crippen LogP contribution in [0.3, 0.4) is 0 Å². The fourth-order valence-corrected chi connectivity index (χ4v) is 5.06. The maximum absolute atomic E-state index is 3.87. The number of allylic oxidation sites excluding steroid dienone is 1. The summed E-state index contributed by atoms with van der Waals surface area (Å²) in [6.07, 6.45) is 16.5. The molecule has 0 radical (unpaired) electrons. The van der Waals surface area contributed by atoms with E-state index >= 15 is 0 Å². The second-order valence-electron chi connectivity index (χ2n) is 8.17. The molecule has 1 aromatic carbocycles. The van der Waals surface area contributed by atoms with E-state index in [2.05, 4.69) is 43.8 Å². The van der Waals surface area contributed by atoms with E-state index in [9.17, 15) is 0 Å². The highest BCUT2D eigenvalue weighted by molar-refractivity contribution is 5.24. The summed E-state index contributed by atoms with van der Waals surface area (Å²) in [5.74, 6) is 3.88. The third kappa shape index (κ3) is 4.49. The van der Waals surface area contributed by atoms with Crippen LogP contribution in [0.15, 0.2) is 36.9 Å². The van der Waals surface area contributed by atoms with Crippen LogP contribution in [0.25, 0.3) is 0 Å². The summed E-state index contributed by atoms with van der Waals surface area (Å²) < 4.78 is 0. The normalized spacial score (nSPS) is 31.7. The monoisotopic (exact) mass is 310 g/mol. The van der Waals surface area contributed by atoms with Crippen molar-refractivity contribution in [2.45, 2.75) is 77.0 Å². The molecule has 0 N–H and O–H groups in total. The van der Waals surface area contributed by atoms with Crippen molar-refractivity contribution in [3.8, 4) is 0 Å². The molecule has 0 saturated heterocycles. The molecule has 2 fully saturated rings. The van der Waals surface area contributed by atoms with Crippen molar-refractivity contribution in [1.29, 1.82) is 0 Å². The van der Waals surface area contributed by atoms with Crippen molar-refractivity contribution in [2.75, 3.05) is 0 Å². The smallest absolute Gasteiger partial charge is 0.0162 e. The second kappa shape index (κ2) is 8.18. The largest absolute Gasteiger partial charge is 0.103 e. The first kappa shape index (κ1) is 16.8. The summed E-state index contributed by atoms with van der Waals surface area (Å²) in [4.78, 5) is 0. The van der Waals surface area contributed by atoms with Gasteiger partial charge >= 0.3 is 0 Å². The van der Waals surface area contributed by atoms with Gasteiger partial charge in [0.15, 0.2) is 0 Å². The lowest BCUT2D eigenvalue weighted by molar-refractivity contribution is 0.157. The molecular weight excluding hydrogens is 276 g/mol. The predicted molar refractivity (Wildman–Crippen MR) is 101 cm³/mol. The molecule has 0 aromatic heterocycles. The minimum Gasteiger partial charge on any atom is -0.103 e. The molecule has 23 heavy (non-hydrogen) atoms. The van der Waals surface area contributed by atoms with E-state index < -0.39 is 0 Å². The van der Waals surface area contributed by atoms with Gasteiger partial charge in [0, 0.05) is 0 Å². The summed E-state index contributed by atoms with van der Waals surface area (Å²) in [6, 6.07) is 9.30. The number of hydrogen-bond donors (Lipinski definition) is 0. The number of aryl methyl sites for hydroxylation is 1. The predicted octanol–water partition coefficient (Wildman–Crippen LogP) is 7.04. The zero-order valence-electron chi connectivity index (χ0n) is 15.0. The van der Waals surface area contributed by atoms with Crippen molar-refractivity contribution in [3.63, 3.8) is 0 Å². The number of benzene rings is 1. The molecule has 2 saturated carbocycles. The highest BCUT2D eigenvalue weighted by Gasteiger charge is 2.30. The Balaban J connectivity index is 1.44. The molecule has 2 aliphatic carbocycles. The van der Waals surface area contributed by atoms with Gasteiger partial charge in [0.05, 0.1) is 0 Å². The first-order chi connectivity index (χ1) is 11.3. The van der Waals surface area contributed by atoms with Gasteiger partial charge in [-0.15, -0.1) is 6.58 Å². The lowest BCUT2D eigenvalue weighted by atomic mass is 9.68. The van der Waals surface area contributed by atoms with Gasteiger partial charge in [-0.25, -0.2) is 0 Å². The van der Waals surface area contributed by atoms with Gasteiger partial charge < -0.3 is 0 Å². The fraction of sp³-hybridized carbons (Fsp3) is 0.652. The van der Waals surface area contributed by atoms with Gasteiger partial charge in [0.25, 0.3) is 0 Å². The van der Waals surface area contributed by atoms with Crippen LogP contribution in [0.2, 0.25) is 0 Å². The van der Waals surface area contributed by atoms with Gasteiger partial charge in [-0.05, 0) is 87.5 Å². The van der Waals surface area contributed by atoms with Crippen LogP contribution in [0.5, 0.6) is 0 Å². The van der Waals surface area contributed by atoms with Gasteiger partial charge in [0.2, 0.25) is 0 Å². The molecule has 1 aromatic rings. The Morgan fingerprint density at radius 2 is 1.43 bits per heavy atom. The number of hydrogen-bond acceptors (Lipinski definition) is 0. The van der Waals surface area contributed by atoms with Crippen LogP contribution < -0.4 is 0 Å². The standard InChI is InChI=1S/C23H34/c1-3-4-5-19-8-12-21(13-9-19)23-16-14-22(15-17-23)20-10-6-18(2)7-11-20/h3,6-7,10-11,19,21-23H,1,4-5,8-9,12-17H2,2H3. The van der Waals surface area contributed by atoms with Crippen LogP contribution >= 0.6 is 0 Å². The molecule has 2 aliphatic rings. The van der Waals surface area contributed by atoms with Crippen molar-refractivity contribution >= 4 is 0 Å². The molecule has 0 unspecified atom stereocenters. The summed E-state index contributed by atoms with van der Waals surface area (Å²) in [5.41, 5.74) is 2.97. The lowest BCUT2D eigenvalue weighted by Crippen LogP contribution is -2.25. The van der Waals surface area contributed by atoms with Crippen molar-refractivity contribution < 1.29 is 0 Å². The number of rotatable bonds is 5. The minimum atomic E-state index is 0.829. The topological polar surface area (TPSA) is 0 Å². The molecule has 0 spiro atoms. The minimum absolute atomic E-state index is 0.829. The Kier molecular flexibility index (Phi) is 5.97. The van der Waals surface area contributed by atoms with Gasteiger partial charge in [0.1, 0.15) is 0 Å². The molecule has 0 nitrogen and oxygen atoms in total. The van der Waals surface area contributed by atoms with Gasteiger partial charge in [-0.3, -0.25) is 0 Å². The van der Waals surface area contributed by atoms with E-state index in [0.717, 1.165) is 23.7 Å². The van der Waals surface area contributed by atoms with E-state index in [1.165, 1.54) is 69.8 Å². The Morgan fingerprint density at radius 3 is 2.00 bits per heavy atom. The fourth-order valence-electron chi connectivity index (χ4n) is 5.06. The van der Waals surface area contributed by atoms with E-state index in [1.54, 1.807) is 5.56 Å². The highest BCUT2D eigenvalue weighted by atomic mass is 14.4. The average Bonchev–Trinajstić information content (AvgIpc) is 2.61. The molecular formula is C23H34. The average molecular weight is 311 g/mol. The zero-order chi connectivity index (χ0) is 16.1. The zero-order valence-corrected chi connectivity index (χ0v) is 15.0. The first-order valence-corrected chi connectivity index (χ1v) is 9.93. The van der Waals surface area contributed by atoms with Crippen molar-refractivity contribution in [1.82, 2.24) is 0 Å². The molecule has 0 bridgehead atoms. The van der Waals surface area contributed by atoms with Gasteiger partial charge in [-0.1, -0.05) is 48.7 Å². The van der Waals surface area contributed by atoms with E-state index in [-0.39, 0.29) is 0 Å². The maximum Gasteiger partial charge on any atom is -0.0162 e. The lowest BCUT2D eigenvalue weighted by Gasteiger charge is -2.38. The highest BCUT2D eigenvalue weighted by Crippen LogP contribution is 2.44. The summed E-state index contributed by atoms with van der Waals surface area (Å²) in [5, 5.41) is 0. The Morgan fingerprint density at radius 1 is 0.870 bits per heavy atom. The molecule has 0 heteroatoms. The van der Waals surface area contributed by atoms with Crippen LogP contribution in [0.4, 0.5) is 0 Å². The Bertz CT molecular complexity index is 467. The van der Waals surface area contributed by atoms with E-state index in [1.807, 2.05) is 0 Å². The van der Waals surface area contributed by atoms with Gasteiger partial charge in [-0.2, -0.15) is 0 Å². The van der Waals surface area contributed by atoms with Crippen molar-refractivity contribution in [2.24, 2.45) is 17.8 Å². The summed E-state index contributed by atoms with van der Waals surface area (Å²) >= 11 is 0. The molecule has 0 amide bonds. The molecule has 0 aliphatic heterocycles. The van der Waals surface area contributed by atoms with E-state index in [4.69, 9.17) is 0 Å². The van der Waals surface area contributed by atoms with E-state index in [0.29, 0.717) is 0 Å². The maximum atomic E-state index is 3.87. The summed E-state index contributed by atoms with van der Waals surface area (Å²) in [7, 11) is 0. The first-order valence-electron chi connectivity index (χ1n) is 9.93. The van der Waals surface area contributed by atoms with Crippen LogP contribution in [0, 0.1) is 24.7 Å². The molecule has 3 rings (SSSR count). The SMILES string of the molecule is C=CCCC1CCC(C2CCC(c3ccc(C)cc3)CC2)CC1. The third-order valence-electron chi connectivity index (χ3n) is 6.66. The van der Waals surface area contributed by atoms with Crippen LogP contribution in [-0.2, 0) is 0 Å². The van der Waals surface area contributed by atoms with Crippen LogP contribution in [-0.4, -0.2) is 0 Å². The Labute approximate surface area is 143 Å². The van der Waals surface area contributed by atoms with Crippen LogP contribution in [0.1, 0.15) is 81.3 Å². The second-order valence-corrected chi connectivity index (χ2v) is 8.17.